The van der Waals surface area contributed by atoms with Crippen molar-refractivity contribution in [3.63, 3.8) is 0 Å². The average Bonchev–Trinajstić information content (AvgIpc) is 3.35. The molecule has 152 valence electrons. The van der Waals surface area contributed by atoms with E-state index in [1.165, 1.54) is 18.4 Å². The van der Waals surface area contributed by atoms with Crippen molar-refractivity contribution >= 4 is 17.2 Å². The number of thiazole rings is 1. The molecule has 2 aromatic rings. The molecule has 1 aliphatic rings. The van der Waals surface area contributed by atoms with Crippen LogP contribution in [0.4, 0.5) is 0 Å². The molecular weight excluding hydrogens is 370 g/mol. The van der Waals surface area contributed by atoms with Crippen LogP contribution in [0.2, 0.25) is 0 Å². The highest BCUT2D eigenvalue weighted by atomic mass is 32.1. The number of aromatic nitrogens is 1. The first-order valence-electron chi connectivity index (χ1n) is 10.1. The van der Waals surface area contributed by atoms with Crippen molar-refractivity contribution in [2.75, 3.05) is 27.2 Å². The summed E-state index contributed by atoms with van der Waals surface area (Å²) in [6, 6.07) is 8.04. The fraction of sp³-hybridized carbons (Fsp3) is 0.545. The zero-order chi connectivity index (χ0) is 19.9. The molecule has 0 aliphatic heterocycles. The van der Waals surface area contributed by atoms with E-state index in [0.717, 1.165) is 42.4 Å². The van der Waals surface area contributed by atoms with E-state index < -0.39 is 0 Å². The SMILES string of the molecule is Cc1cccc(OCc2nc(CN(CCN(C)C)C(=O)C3CCCC3)cs2)c1. The average molecular weight is 402 g/mol. The van der Waals surface area contributed by atoms with Crippen LogP contribution in [0, 0.1) is 12.8 Å². The summed E-state index contributed by atoms with van der Waals surface area (Å²) in [4.78, 5) is 21.8. The highest BCUT2D eigenvalue weighted by Crippen LogP contribution is 2.27. The molecule has 0 radical (unpaired) electrons. The quantitative estimate of drug-likeness (QED) is 0.634. The Balaban J connectivity index is 1.59. The van der Waals surface area contributed by atoms with Crippen LogP contribution in [0.3, 0.4) is 0 Å². The molecule has 1 amide bonds. The molecule has 0 N–H and O–H groups in total. The fourth-order valence-electron chi connectivity index (χ4n) is 3.55. The first kappa shape index (κ1) is 20.8. The molecule has 28 heavy (non-hydrogen) atoms. The van der Waals surface area contributed by atoms with Gasteiger partial charge in [-0.3, -0.25) is 4.79 Å². The number of nitrogens with zero attached hydrogens (tertiary/aromatic N) is 3. The molecule has 3 rings (SSSR count). The minimum Gasteiger partial charge on any atom is -0.486 e. The minimum absolute atomic E-state index is 0.199. The molecule has 0 saturated heterocycles. The van der Waals surface area contributed by atoms with Gasteiger partial charge in [0.15, 0.2) is 0 Å². The number of hydrogen-bond donors (Lipinski definition) is 0. The first-order valence-corrected chi connectivity index (χ1v) is 11.0. The highest BCUT2D eigenvalue weighted by molar-refractivity contribution is 7.09. The predicted octanol–water partition coefficient (Wildman–Crippen LogP) is 4.11. The summed E-state index contributed by atoms with van der Waals surface area (Å²) >= 11 is 1.60. The van der Waals surface area contributed by atoms with Crippen LogP contribution in [-0.2, 0) is 17.9 Å². The van der Waals surface area contributed by atoms with Gasteiger partial charge in [0.05, 0.1) is 12.2 Å². The first-order chi connectivity index (χ1) is 13.5. The van der Waals surface area contributed by atoms with Crippen molar-refractivity contribution < 1.29 is 9.53 Å². The van der Waals surface area contributed by atoms with E-state index >= 15 is 0 Å². The van der Waals surface area contributed by atoms with E-state index in [2.05, 4.69) is 23.3 Å². The second-order valence-electron chi connectivity index (χ2n) is 7.88. The smallest absolute Gasteiger partial charge is 0.226 e. The Morgan fingerprint density at radius 3 is 2.75 bits per heavy atom. The molecule has 6 heteroatoms. The number of rotatable bonds is 9. The monoisotopic (exact) mass is 401 g/mol. The van der Waals surface area contributed by atoms with Gasteiger partial charge >= 0.3 is 0 Å². The molecule has 1 aliphatic carbocycles. The van der Waals surface area contributed by atoms with Crippen molar-refractivity contribution in [2.24, 2.45) is 5.92 Å². The van der Waals surface area contributed by atoms with Crippen molar-refractivity contribution in [1.29, 1.82) is 0 Å². The van der Waals surface area contributed by atoms with Gasteiger partial charge in [-0.15, -0.1) is 11.3 Å². The summed E-state index contributed by atoms with van der Waals surface area (Å²) in [6.07, 6.45) is 4.41. The molecular formula is C22H31N3O2S. The Morgan fingerprint density at radius 2 is 2.04 bits per heavy atom. The Bertz CT molecular complexity index is 769. The Hall–Kier alpha value is -1.92. The number of hydrogen-bond acceptors (Lipinski definition) is 5. The standard InChI is InChI=1S/C22H31N3O2S/c1-17-7-6-10-20(13-17)27-15-21-23-19(16-28-21)14-25(12-11-24(2)3)22(26)18-8-4-5-9-18/h6-7,10,13,16,18H,4-5,8-9,11-12,14-15H2,1-3H3. The maximum absolute atomic E-state index is 13.0. The maximum atomic E-state index is 13.0. The lowest BCUT2D eigenvalue weighted by atomic mass is 10.1. The molecule has 1 aromatic carbocycles. The van der Waals surface area contributed by atoms with Crippen LogP contribution >= 0.6 is 11.3 Å². The van der Waals surface area contributed by atoms with E-state index in [0.29, 0.717) is 19.1 Å². The molecule has 1 saturated carbocycles. The van der Waals surface area contributed by atoms with Crippen molar-refractivity contribution in [2.45, 2.75) is 45.8 Å². The number of carbonyl (C=O) groups is 1. The van der Waals surface area contributed by atoms with Gasteiger partial charge in [0, 0.05) is 24.4 Å². The van der Waals surface area contributed by atoms with Gasteiger partial charge in [-0.1, -0.05) is 25.0 Å². The van der Waals surface area contributed by atoms with Crippen molar-refractivity contribution in [1.82, 2.24) is 14.8 Å². The Labute approximate surface area is 172 Å². The Kier molecular flexibility index (Phi) is 7.45. The normalized spacial score (nSPS) is 14.6. The van der Waals surface area contributed by atoms with E-state index in [9.17, 15) is 4.79 Å². The largest absolute Gasteiger partial charge is 0.486 e. The summed E-state index contributed by atoms with van der Waals surface area (Å²) in [5, 5.41) is 3.00. The van der Waals surface area contributed by atoms with E-state index in [1.54, 1.807) is 11.3 Å². The molecule has 0 spiro atoms. The molecule has 0 unspecified atom stereocenters. The molecule has 1 fully saturated rings. The zero-order valence-corrected chi connectivity index (χ0v) is 18.0. The van der Waals surface area contributed by atoms with Gasteiger partial charge in [-0.2, -0.15) is 0 Å². The van der Waals surface area contributed by atoms with Crippen LogP contribution in [0.15, 0.2) is 29.6 Å². The number of carbonyl (C=O) groups excluding carboxylic acids is 1. The van der Waals surface area contributed by atoms with Gasteiger partial charge in [-0.25, -0.2) is 4.98 Å². The van der Waals surface area contributed by atoms with E-state index in [-0.39, 0.29) is 5.92 Å². The Morgan fingerprint density at radius 1 is 1.25 bits per heavy atom. The zero-order valence-electron chi connectivity index (χ0n) is 17.2. The number of aryl methyl sites for hydroxylation is 1. The van der Waals surface area contributed by atoms with Crippen LogP contribution in [0.1, 0.15) is 41.9 Å². The maximum Gasteiger partial charge on any atom is 0.226 e. The molecule has 1 aromatic heterocycles. The summed E-state index contributed by atoms with van der Waals surface area (Å²) in [5.41, 5.74) is 2.14. The topological polar surface area (TPSA) is 45.7 Å². The number of benzene rings is 1. The molecule has 1 heterocycles. The van der Waals surface area contributed by atoms with Gasteiger partial charge in [0.25, 0.3) is 0 Å². The molecule has 0 atom stereocenters. The minimum atomic E-state index is 0.199. The lowest BCUT2D eigenvalue weighted by molar-refractivity contribution is -0.136. The second-order valence-corrected chi connectivity index (χ2v) is 8.82. The summed E-state index contributed by atoms with van der Waals surface area (Å²) in [6.45, 7) is 4.71. The third-order valence-electron chi connectivity index (χ3n) is 5.14. The van der Waals surface area contributed by atoms with E-state index in [4.69, 9.17) is 9.72 Å². The summed E-state index contributed by atoms with van der Waals surface area (Å²) in [5.74, 6) is 1.36. The fourth-order valence-corrected chi connectivity index (χ4v) is 4.25. The van der Waals surface area contributed by atoms with Crippen molar-refractivity contribution in [3.05, 3.63) is 45.9 Å². The number of ether oxygens (including phenoxy) is 1. The molecule has 0 bridgehead atoms. The third kappa shape index (κ3) is 6.04. The van der Waals surface area contributed by atoms with E-state index in [1.807, 2.05) is 37.2 Å². The van der Waals surface area contributed by atoms with Gasteiger partial charge in [0.2, 0.25) is 5.91 Å². The number of likely N-dealkylation sites (N-methyl/N-ethyl adjacent to an activating group) is 1. The molecule has 5 nitrogen and oxygen atoms in total. The van der Waals surface area contributed by atoms with Gasteiger partial charge in [0.1, 0.15) is 17.4 Å². The van der Waals surface area contributed by atoms with Gasteiger partial charge < -0.3 is 14.5 Å². The van der Waals surface area contributed by atoms with Crippen LogP contribution in [0.25, 0.3) is 0 Å². The third-order valence-corrected chi connectivity index (χ3v) is 6.01. The highest BCUT2D eigenvalue weighted by Gasteiger charge is 2.27. The van der Waals surface area contributed by atoms with Gasteiger partial charge in [-0.05, 0) is 51.6 Å². The predicted molar refractivity (Wildman–Crippen MR) is 114 cm³/mol. The van der Waals surface area contributed by atoms with Crippen LogP contribution in [-0.4, -0.2) is 47.9 Å². The summed E-state index contributed by atoms with van der Waals surface area (Å²) < 4.78 is 5.86. The lowest BCUT2D eigenvalue weighted by Crippen LogP contribution is -2.39. The lowest BCUT2D eigenvalue weighted by Gasteiger charge is -2.26. The second kappa shape index (κ2) is 10.0. The number of amides is 1. The van der Waals surface area contributed by atoms with Crippen molar-refractivity contribution in [3.8, 4) is 5.75 Å². The van der Waals surface area contributed by atoms with Crippen LogP contribution < -0.4 is 4.74 Å². The van der Waals surface area contributed by atoms with Crippen LogP contribution in [0.5, 0.6) is 5.75 Å². The summed E-state index contributed by atoms with van der Waals surface area (Å²) in [7, 11) is 4.09.